The van der Waals surface area contributed by atoms with Crippen LogP contribution in [0.4, 0.5) is 10.8 Å². The van der Waals surface area contributed by atoms with E-state index in [0.29, 0.717) is 15.7 Å². The van der Waals surface area contributed by atoms with Crippen LogP contribution in [0.15, 0.2) is 41.8 Å². The van der Waals surface area contributed by atoms with E-state index in [1.54, 1.807) is 10.3 Å². The van der Waals surface area contributed by atoms with Gasteiger partial charge in [-0.15, -0.1) is 22.7 Å². The van der Waals surface area contributed by atoms with E-state index in [1.165, 1.54) is 34.5 Å². The minimum Gasteiger partial charge on any atom is -0.455 e. The highest BCUT2D eigenvalue weighted by Gasteiger charge is 2.19. The molecule has 5 nitrogen and oxygen atoms in total. The maximum absolute atomic E-state index is 12.3. The SMILES string of the molecule is CCc1sc(C(=O)OCc2csc(N(C(C)=O)c3ccccc3)n2)cc1C. The van der Waals surface area contributed by atoms with Gasteiger partial charge in [-0.05, 0) is 37.1 Å². The summed E-state index contributed by atoms with van der Waals surface area (Å²) in [5.41, 5.74) is 2.49. The van der Waals surface area contributed by atoms with Crippen LogP contribution in [0.5, 0.6) is 0 Å². The van der Waals surface area contributed by atoms with Crippen LogP contribution < -0.4 is 4.90 Å². The van der Waals surface area contributed by atoms with Crippen molar-refractivity contribution in [3.63, 3.8) is 0 Å². The first-order valence-corrected chi connectivity index (χ1v) is 10.3. The highest BCUT2D eigenvalue weighted by molar-refractivity contribution is 7.14. The number of nitrogens with zero attached hydrogens (tertiary/aromatic N) is 2. The highest BCUT2D eigenvalue weighted by Crippen LogP contribution is 2.29. The van der Waals surface area contributed by atoms with Gasteiger partial charge in [0.25, 0.3) is 0 Å². The van der Waals surface area contributed by atoms with Gasteiger partial charge >= 0.3 is 5.97 Å². The second-order valence-corrected chi connectivity index (χ2v) is 7.93. The average molecular weight is 401 g/mol. The van der Waals surface area contributed by atoms with Crippen LogP contribution >= 0.6 is 22.7 Å². The molecule has 1 aromatic carbocycles. The third-order valence-corrected chi connectivity index (χ3v) is 6.19. The fourth-order valence-corrected chi connectivity index (χ4v) is 4.53. The molecule has 1 amide bonds. The van der Waals surface area contributed by atoms with Gasteiger partial charge in [-0.3, -0.25) is 9.69 Å². The minimum atomic E-state index is -0.344. The first-order chi connectivity index (χ1) is 13.0. The molecule has 0 N–H and O–H groups in total. The number of rotatable bonds is 6. The van der Waals surface area contributed by atoms with E-state index in [1.807, 2.05) is 43.3 Å². The number of hydrogen-bond donors (Lipinski definition) is 0. The monoisotopic (exact) mass is 400 g/mol. The zero-order valence-corrected chi connectivity index (χ0v) is 17.0. The van der Waals surface area contributed by atoms with Crippen LogP contribution in [0, 0.1) is 6.92 Å². The van der Waals surface area contributed by atoms with Crippen molar-refractivity contribution >= 4 is 45.4 Å². The van der Waals surface area contributed by atoms with Gasteiger partial charge < -0.3 is 4.74 Å². The normalized spacial score (nSPS) is 10.6. The van der Waals surface area contributed by atoms with Gasteiger partial charge in [-0.25, -0.2) is 9.78 Å². The number of benzene rings is 1. The molecule has 0 atom stereocenters. The molecule has 2 aromatic heterocycles. The first-order valence-electron chi connectivity index (χ1n) is 8.56. The summed E-state index contributed by atoms with van der Waals surface area (Å²) in [5.74, 6) is -0.468. The molecule has 27 heavy (non-hydrogen) atoms. The van der Waals surface area contributed by atoms with Crippen molar-refractivity contribution in [2.45, 2.75) is 33.8 Å². The Morgan fingerprint density at radius 3 is 2.59 bits per heavy atom. The number of aromatic nitrogens is 1. The Bertz CT molecular complexity index is 947. The number of carbonyl (C=O) groups excluding carboxylic acids is 2. The van der Waals surface area contributed by atoms with Crippen LogP contribution in [0.2, 0.25) is 0 Å². The van der Waals surface area contributed by atoms with Crippen molar-refractivity contribution in [1.82, 2.24) is 4.98 Å². The van der Waals surface area contributed by atoms with Crippen LogP contribution in [-0.2, 0) is 22.6 Å². The van der Waals surface area contributed by atoms with E-state index in [9.17, 15) is 9.59 Å². The number of ether oxygens (including phenoxy) is 1. The number of carbonyl (C=O) groups is 2. The predicted molar refractivity (Wildman–Crippen MR) is 109 cm³/mol. The van der Waals surface area contributed by atoms with E-state index in [2.05, 4.69) is 11.9 Å². The molecule has 0 fully saturated rings. The molecular weight excluding hydrogens is 380 g/mol. The molecule has 0 aliphatic heterocycles. The van der Waals surface area contributed by atoms with E-state index in [0.717, 1.165) is 17.7 Å². The van der Waals surface area contributed by atoms with Gasteiger partial charge in [-0.2, -0.15) is 0 Å². The van der Waals surface area contributed by atoms with Gasteiger partial charge in [-0.1, -0.05) is 25.1 Å². The zero-order valence-electron chi connectivity index (χ0n) is 15.4. The Morgan fingerprint density at radius 2 is 1.96 bits per heavy atom. The number of para-hydroxylation sites is 1. The van der Waals surface area contributed by atoms with E-state index >= 15 is 0 Å². The summed E-state index contributed by atoms with van der Waals surface area (Å²) in [6.07, 6.45) is 0.902. The van der Waals surface area contributed by atoms with Gasteiger partial charge in [0.2, 0.25) is 5.91 Å². The van der Waals surface area contributed by atoms with Crippen molar-refractivity contribution in [3.05, 3.63) is 62.8 Å². The lowest BCUT2D eigenvalue weighted by atomic mass is 10.2. The first kappa shape index (κ1) is 19.3. The molecule has 2 heterocycles. The van der Waals surface area contributed by atoms with Gasteiger partial charge in [0.05, 0.1) is 11.4 Å². The summed E-state index contributed by atoms with van der Waals surface area (Å²) in [6.45, 7) is 5.64. The van der Waals surface area contributed by atoms with Crippen molar-refractivity contribution < 1.29 is 14.3 Å². The van der Waals surface area contributed by atoms with Gasteiger partial charge in [0.1, 0.15) is 11.5 Å². The minimum absolute atomic E-state index is 0.0777. The molecule has 7 heteroatoms. The Kier molecular flexibility index (Phi) is 6.03. The third-order valence-electron chi connectivity index (χ3n) is 3.95. The zero-order chi connectivity index (χ0) is 19.4. The van der Waals surface area contributed by atoms with Gasteiger partial charge in [0, 0.05) is 17.2 Å². The quantitative estimate of drug-likeness (QED) is 0.539. The largest absolute Gasteiger partial charge is 0.455 e. The molecule has 140 valence electrons. The lowest BCUT2D eigenvalue weighted by Crippen LogP contribution is -2.22. The molecular formula is C20H20N2O3S2. The fourth-order valence-electron chi connectivity index (χ4n) is 2.65. The number of amides is 1. The lowest BCUT2D eigenvalue weighted by molar-refractivity contribution is -0.115. The Morgan fingerprint density at radius 1 is 1.22 bits per heavy atom. The van der Waals surface area contributed by atoms with Crippen LogP contribution in [0.3, 0.4) is 0 Å². The van der Waals surface area contributed by atoms with Crippen LogP contribution in [0.25, 0.3) is 0 Å². The molecule has 0 aliphatic carbocycles. The number of aryl methyl sites for hydroxylation is 2. The number of thiazole rings is 1. The van der Waals surface area contributed by atoms with Crippen molar-refractivity contribution in [3.8, 4) is 0 Å². The van der Waals surface area contributed by atoms with E-state index in [4.69, 9.17) is 4.74 Å². The lowest BCUT2D eigenvalue weighted by Gasteiger charge is -2.17. The molecule has 0 unspecified atom stereocenters. The third kappa shape index (κ3) is 4.43. The fraction of sp³-hybridized carbons (Fsp3) is 0.250. The molecule has 0 spiro atoms. The second-order valence-electron chi connectivity index (χ2n) is 5.96. The summed E-state index contributed by atoms with van der Waals surface area (Å²) in [4.78, 5) is 32.2. The maximum Gasteiger partial charge on any atom is 0.348 e. The van der Waals surface area contributed by atoms with Crippen molar-refractivity contribution in [2.75, 3.05) is 4.90 Å². The molecule has 0 radical (unpaired) electrons. The van der Waals surface area contributed by atoms with Crippen LogP contribution in [-0.4, -0.2) is 16.9 Å². The van der Waals surface area contributed by atoms with Crippen molar-refractivity contribution in [1.29, 1.82) is 0 Å². The summed E-state index contributed by atoms with van der Waals surface area (Å²) >= 11 is 2.81. The summed E-state index contributed by atoms with van der Waals surface area (Å²) in [7, 11) is 0. The van der Waals surface area contributed by atoms with Gasteiger partial charge in [0.15, 0.2) is 5.13 Å². The van der Waals surface area contributed by atoms with E-state index < -0.39 is 0 Å². The highest BCUT2D eigenvalue weighted by atomic mass is 32.1. The molecule has 0 saturated heterocycles. The Labute approximate surface area is 166 Å². The number of hydrogen-bond acceptors (Lipinski definition) is 6. The molecule has 0 saturated carbocycles. The predicted octanol–water partition coefficient (Wildman–Crippen LogP) is 5.12. The topological polar surface area (TPSA) is 59.5 Å². The van der Waals surface area contributed by atoms with Crippen molar-refractivity contribution in [2.24, 2.45) is 0 Å². The average Bonchev–Trinajstić information content (AvgIpc) is 3.27. The maximum atomic E-state index is 12.3. The summed E-state index contributed by atoms with van der Waals surface area (Å²) < 4.78 is 5.40. The molecule has 3 rings (SSSR count). The molecule has 3 aromatic rings. The number of anilines is 2. The standard InChI is InChI=1S/C20H20N2O3S2/c1-4-17-13(2)10-18(27-17)19(24)25-11-15-12-26-20(21-15)22(14(3)23)16-8-6-5-7-9-16/h5-10,12H,4,11H2,1-3H3. The smallest absolute Gasteiger partial charge is 0.348 e. The Hall–Kier alpha value is -2.51. The Balaban J connectivity index is 1.70. The molecule has 0 aliphatic rings. The number of thiophene rings is 1. The summed E-state index contributed by atoms with van der Waals surface area (Å²) in [5, 5.41) is 2.36. The number of esters is 1. The van der Waals surface area contributed by atoms with E-state index in [-0.39, 0.29) is 18.5 Å². The second kappa shape index (κ2) is 8.45. The summed E-state index contributed by atoms with van der Waals surface area (Å²) in [6, 6.07) is 11.2. The van der Waals surface area contributed by atoms with Crippen LogP contribution in [0.1, 0.15) is 39.7 Å². The molecule has 0 bridgehead atoms.